The summed E-state index contributed by atoms with van der Waals surface area (Å²) in [6, 6.07) is 6.81. The van der Waals surface area contributed by atoms with Crippen molar-refractivity contribution in [3.8, 4) is 0 Å². The molecule has 1 aromatic carbocycles. The van der Waals surface area contributed by atoms with Crippen LogP contribution >= 0.6 is 0 Å². The van der Waals surface area contributed by atoms with E-state index in [-0.39, 0.29) is 11.8 Å². The van der Waals surface area contributed by atoms with Crippen LogP contribution in [-0.4, -0.2) is 50.2 Å². The zero-order valence-corrected chi connectivity index (χ0v) is 12.6. The monoisotopic (exact) mass is 294 g/mol. The van der Waals surface area contributed by atoms with Gasteiger partial charge in [-0.05, 0) is 18.6 Å². The van der Waals surface area contributed by atoms with Gasteiger partial charge in [0.25, 0.3) is 0 Å². The van der Waals surface area contributed by atoms with Crippen molar-refractivity contribution < 1.29 is 13.9 Å². The van der Waals surface area contributed by atoms with E-state index in [1.807, 2.05) is 11.0 Å². The van der Waals surface area contributed by atoms with Crippen molar-refractivity contribution in [1.82, 2.24) is 4.90 Å². The van der Waals surface area contributed by atoms with Gasteiger partial charge in [0.1, 0.15) is 5.82 Å². The van der Waals surface area contributed by atoms with Gasteiger partial charge in [-0.1, -0.05) is 25.5 Å². The quantitative estimate of drug-likeness (QED) is 0.595. The van der Waals surface area contributed by atoms with Gasteiger partial charge in [0.2, 0.25) is 0 Å². The number of hydrogen-bond acceptors (Lipinski definition) is 4. The number of rotatable bonds is 6. The molecule has 0 radical (unpaired) electrons. The van der Waals surface area contributed by atoms with Crippen LogP contribution in [0.4, 0.5) is 10.1 Å². The van der Waals surface area contributed by atoms with Crippen LogP contribution in [0.3, 0.4) is 0 Å². The summed E-state index contributed by atoms with van der Waals surface area (Å²) in [4.78, 5) is 15.7. The molecule has 116 valence electrons. The number of esters is 1. The summed E-state index contributed by atoms with van der Waals surface area (Å²) >= 11 is 0. The van der Waals surface area contributed by atoms with Crippen molar-refractivity contribution in [2.45, 2.75) is 19.8 Å². The summed E-state index contributed by atoms with van der Waals surface area (Å²) in [6.07, 6.45) is 1.93. The highest BCUT2D eigenvalue weighted by Crippen LogP contribution is 2.19. The number of piperazine rings is 1. The van der Waals surface area contributed by atoms with Gasteiger partial charge in [0.15, 0.2) is 0 Å². The number of carbonyl (C=O) groups excluding carboxylic acids is 1. The smallest absolute Gasteiger partial charge is 0.320 e. The van der Waals surface area contributed by atoms with E-state index in [4.69, 9.17) is 4.74 Å². The van der Waals surface area contributed by atoms with Gasteiger partial charge in [-0.3, -0.25) is 9.69 Å². The van der Waals surface area contributed by atoms with Gasteiger partial charge in [0, 0.05) is 26.2 Å². The number of halogens is 1. The molecular formula is C16H23FN2O2. The predicted molar refractivity (Wildman–Crippen MR) is 80.9 cm³/mol. The minimum Gasteiger partial charge on any atom is -0.465 e. The van der Waals surface area contributed by atoms with E-state index in [9.17, 15) is 9.18 Å². The van der Waals surface area contributed by atoms with Crippen LogP contribution in [0.2, 0.25) is 0 Å². The SMILES string of the molecule is CCCCOC(=O)CN1CCN(c2ccccc2F)CC1. The molecule has 0 aromatic heterocycles. The lowest BCUT2D eigenvalue weighted by molar-refractivity contribution is -0.145. The lowest BCUT2D eigenvalue weighted by Gasteiger charge is -2.35. The average Bonchev–Trinajstić information content (AvgIpc) is 2.49. The first kappa shape index (κ1) is 15.8. The molecule has 0 N–H and O–H groups in total. The van der Waals surface area contributed by atoms with Crippen molar-refractivity contribution in [3.63, 3.8) is 0 Å². The third kappa shape index (κ3) is 4.70. The van der Waals surface area contributed by atoms with Crippen molar-refractivity contribution in [3.05, 3.63) is 30.1 Å². The summed E-state index contributed by atoms with van der Waals surface area (Å²) in [5, 5.41) is 0. The van der Waals surface area contributed by atoms with Gasteiger partial charge in [-0.2, -0.15) is 0 Å². The van der Waals surface area contributed by atoms with Gasteiger partial charge < -0.3 is 9.64 Å². The van der Waals surface area contributed by atoms with Gasteiger partial charge in [-0.25, -0.2) is 4.39 Å². The van der Waals surface area contributed by atoms with Crippen molar-refractivity contribution in [2.75, 3.05) is 44.2 Å². The van der Waals surface area contributed by atoms with Gasteiger partial charge in [0.05, 0.1) is 18.8 Å². The molecule has 1 saturated heterocycles. The number of unbranched alkanes of at least 4 members (excludes halogenated alkanes) is 1. The van der Waals surface area contributed by atoms with E-state index >= 15 is 0 Å². The fourth-order valence-corrected chi connectivity index (χ4v) is 2.41. The summed E-state index contributed by atoms with van der Waals surface area (Å²) < 4.78 is 18.9. The topological polar surface area (TPSA) is 32.8 Å². The van der Waals surface area contributed by atoms with E-state index < -0.39 is 0 Å². The Morgan fingerprint density at radius 3 is 2.62 bits per heavy atom. The minimum absolute atomic E-state index is 0.164. The summed E-state index contributed by atoms with van der Waals surface area (Å²) in [7, 11) is 0. The molecule has 1 fully saturated rings. The van der Waals surface area contributed by atoms with Crippen LogP contribution in [0, 0.1) is 5.82 Å². The van der Waals surface area contributed by atoms with Crippen LogP contribution in [-0.2, 0) is 9.53 Å². The van der Waals surface area contributed by atoms with E-state index in [1.54, 1.807) is 12.1 Å². The second-order valence-corrected chi connectivity index (χ2v) is 5.29. The molecule has 4 nitrogen and oxygen atoms in total. The molecule has 0 aliphatic carbocycles. The molecule has 0 amide bonds. The molecule has 0 spiro atoms. The first-order chi connectivity index (χ1) is 10.2. The summed E-state index contributed by atoms with van der Waals surface area (Å²) in [5.74, 6) is -0.354. The molecule has 5 heteroatoms. The summed E-state index contributed by atoms with van der Waals surface area (Å²) in [5.41, 5.74) is 0.641. The number of carbonyl (C=O) groups is 1. The Balaban J connectivity index is 1.76. The molecule has 21 heavy (non-hydrogen) atoms. The Morgan fingerprint density at radius 2 is 1.95 bits per heavy atom. The zero-order valence-electron chi connectivity index (χ0n) is 12.6. The highest BCUT2D eigenvalue weighted by molar-refractivity contribution is 5.71. The Morgan fingerprint density at radius 1 is 1.24 bits per heavy atom. The number of nitrogens with zero attached hydrogens (tertiary/aromatic N) is 2. The molecular weight excluding hydrogens is 271 g/mol. The van der Waals surface area contributed by atoms with Gasteiger partial charge in [-0.15, -0.1) is 0 Å². The number of para-hydroxylation sites is 1. The van der Waals surface area contributed by atoms with Crippen LogP contribution in [0.1, 0.15) is 19.8 Å². The maximum Gasteiger partial charge on any atom is 0.320 e. The lowest BCUT2D eigenvalue weighted by atomic mass is 10.2. The molecule has 1 aliphatic heterocycles. The highest BCUT2D eigenvalue weighted by Gasteiger charge is 2.21. The third-order valence-electron chi connectivity index (χ3n) is 3.68. The molecule has 2 rings (SSSR count). The molecule has 0 saturated carbocycles. The van der Waals surface area contributed by atoms with E-state index in [0.717, 1.165) is 39.0 Å². The van der Waals surface area contributed by atoms with Crippen molar-refractivity contribution in [2.24, 2.45) is 0 Å². The number of benzene rings is 1. The minimum atomic E-state index is -0.190. The number of anilines is 1. The maximum absolute atomic E-state index is 13.7. The number of ether oxygens (including phenoxy) is 1. The van der Waals surface area contributed by atoms with Crippen molar-refractivity contribution >= 4 is 11.7 Å². The Kier molecular flexibility index (Phi) is 5.99. The molecule has 1 aliphatic rings. The normalized spacial score (nSPS) is 16.0. The summed E-state index contributed by atoms with van der Waals surface area (Å²) in [6.45, 7) is 5.84. The first-order valence-electron chi connectivity index (χ1n) is 7.58. The second-order valence-electron chi connectivity index (χ2n) is 5.29. The molecule has 1 heterocycles. The average molecular weight is 294 g/mol. The van der Waals surface area contributed by atoms with E-state index in [1.165, 1.54) is 6.07 Å². The van der Waals surface area contributed by atoms with Crippen LogP contribution < -0.4 is 4.90 Å². The third-order valence-corrected chi connectivity index (χ3v) is 3.68. The molecule has 0 atom stereocenters. The highest BCUT2D eigenvalue weighted by atomic mass is 19.1. The van der Waals surface area contributed by atoms with Crippen LogP contribution in [0.15, 0.2) is 24.3 Å². The van der Waals surface area contributed by atoms with Crippen molar-refractivity contribution in [1.29, 1.82) is 0 Å². The zero-order chi connectivity index (χ0) is 15.1. The van der Waals surface area contributed by atoms with E-state index in [2.05, 4.69) is 11.8 Å². The molecule has 0 unspecified atom stereocenters. The largest absolute Gasteiger partial charge is 0.465 e. The van der Waals surface area contributed by atoms with E-state index in [0.29, 0.717) is 18.8 Å². The molecule has 0 bridgehead atoms. The maximum atomic E-state index is 13.7. The lowest BCUT2D eigenvalue weighted by Crippen LogP contribution is -2.48. The van der Waals surface area contributed by atoms with Gasteiger partial charge >= 0.3 is 5.97 Å². The Hall–Kier alpha value is -1.62. The fraction of sp³-hybridized carbons (Fsp3) is 0.562. The van der Waals surface area contributed by atoms with Crippen LogP contribution in [0.5, 0.6) is 0 Å². The molecule has 1 aromatic rings. The second kappa shape index (κ2) is 7.98. The van der Waals surface area contributed by atoms with Crippen LogP contribution in [0.25, 0.3) is 0 Å². The fourth-order valence-electron chi connectivity index (χ4n) is 2.41. The predicted octanol–water partition coefficient (Wildman–Crippen LogP) is 2.29. The first-order valence-corrected chi connectivity index (χ1v) is 7.58. The standard InChI is InChI=1S/C16H23FN2O2/c1-2-3-12-21-16(20)13-18-8-10-19(11-9-18)15-7-5-4-6-14(15)17/h4-7H,2-3,8-13H2,1H3. The Bertz CT molecular complexity index is 459. The number of hydrogen-bond donors (Lipinski definition) is 0. The Labute approximate surface area is 125 Å².